The lowest BCUT2D eigenvalue weighted by molar-refractivity contribution is 0.121. The van der Waals surface area contributed by atoms with Crippen LogP contribution < -0.4 is 4.74 Å². The van der Waals surface area contributed by atoms with E-state index in [4.69, 9.17) is 4.74 Å². The lowest BCUT2D eigenvalue weighted by Crippen LogP contribution is -2.18. The Morgan fingerprint density at radius 3 is 2.45 bits per heavy atom. The average molecular weight is 416 g/mol. The van der Waals surface area contributed by atoms with Gasteiger partial charge in [-0.25, -0.2) is 9.97 Å². The molecule has 0 amide bonds. The van der Waals surface area contributed by atoms with E-state index in [1.807, 2.05) is 48.5 Å². The van der Waals surface area contributed by atoms with Crippen LogP contribution in [0.4, 0.5) is 0 Å². The molecule has 5 rings (SSSR count). The van der Waals surface area contributed by atoms with E-state index in [2.05, 4.69) is 19.9 Å². The number of hydrogen-bond donors (Lipinski definition) is 3. The number of para-hydroxylation sites is 2. The number of ether oxygens (including phenoxy) is 1. The molecule has 31 heavy (non-hydrogen) atoms. The van der Waals surface area contributed by atoms with E-state index >= 15 is 0 Å². The van der Waals surface area contributed by atoms with Gasteiger partial charge >= 0.3 is 0 Å². The van der Waals surface area contributed by atoms with Gasteiger partial charge in [0.15, 0.2) is 0 Å². The first-order chi connectivity index (χ1) is 15.2. The molecule has 0 saturated heterocycles. The highest BCUT2D eigenvalue weighted by Crippen LogP contribution is 2.36. The highest BCUT2D eigenvalue weighted by molar-refractivity contribution is 5.74. The predicted octanol–water partition coefficient (Wildman–Crippen LogP) is 4.25. The van der Waals surface area contributed by atoms with Crippen LogP contribution in [-0.2, 0) is 0 Å². The quantitative estimate of drug-likeness (QED) is 0.449. The number of benzene rings is 2. The number of aliphatic hydroxyl groups is 2. The van der Waals surface area contributed by atoms with Crippen molar-refractivity contribution in [2.45, 2.75) is 43.8 Å². The summed E-state index contributed by atoms with van der Waals surface area (Å²) in [5, 5.41) is 20.5. The molecule has 7 nitrogen and oxygen atoms in total. The fourth-order valence-corrected chi connectivity index (χ4v) is 4.13. The Bertz CT molecular complexity index is 1130. The molecule has 0 spiro atoms. The molecule has 2 aromatic carbocycles. The molecule has 3 N–H and O–H groups in total. The fraction of sp³-hybridized carbons (Fsp3) is 0.292. The Kier molecular flexibility index (Phi) is 5.36. The molecule has 1 fully saturated rings. The molecule has 1 atom stereocenters. The van der Waals surface area contributed by atoms with Crippen molar-refractivity contribution in [2.24, 2.45) is 0 Å². The first-order valence-corrected chi connectivity index (χ1v) is 10.6. The summed E-state index contributed by atoms with van der Waals surface area (Å²) in [5.74, 6) is 1.86. The number of rotatable bonds is 5. The van der Waals surface area contributed by atoms with Crippen LogP contribution in [0.2, 0.25) is 0 Å². The van der Waals surface area contributed by atoms with Crippen LogP contribution in [0.25, 0.3) is 11.0 Å². The third-order valence-corrected chi connectivity index (χ3v) is 5.85. The molecule has 2 aromatic heterocycles. The van der Waals surface area contributed by atoms with Crippen molar-refractivity contribution < 1.29 is 14.9 Å². The summed E-state index contributed by atoms with van der Waals surface area (Å²) in [6.45, 7) is 0. The van der Waals surface area contributed by atoms with Gasteiger partial charge in [0.25, 0.3) is 0 Å². The van der Waals surface area contributed by atoms with E-state index in [0.29, 0.717) is 23.0 Å². The third kappa shape index (κ3) is 4.15. The maximum atomic E-state index is 10.7. The smallest absolute Gasteiger partial charge is 0.241 e. The van der Waals surface area contributed by atoms with E-state index in [-0.39, 0.29) is 12.0 Å². The second kappa shape index (κ2) is 8.45. The summed E-state index contributed by atoms with van der Waals surface area (Å²) in [6.07, 6.45) is 5.52. The molecule has 1 saturated carbocycles. The molecule has 4 aromatic rings. The number of hydrogen-bond acceptors (Lipinski definition) is 6. The minimum Gasteiger partial charge on any atom is -0.437 e. The van der Waals surface area contributed by atoms with Crippen LogP contribution in [-0.4, -0.2) is 36.3 Å². The largest absolute Gasteiger partial charge is 0.437 e. The zero-order chi connectivity index (χ0) is 21.2. The SMILES string of the molecule is OC1CCC(c2nccnc2Oc2ccc(C(O)c3nc4ccccc4[nH]3)cc2)CC1. The number of aromatic amines is 1. The summed E-state index contributed by atoms with van der Waals surface area (Å²) in [4.78, 5) is 16.5. The fourth-order valence-electron chi connectivity index (χ4n) is 4.13. The van der Waals surface area contributed by atoms with Crippen molar-refractivity contribution in [1.29, 1.82) is 0 Å². The minimum absolute atomic E-state index is 0.219. The molecular weight excluding hydrogens is 392 g/mol. The normalized spacial score (nSPS) is 19.9. The van der Waals surface area contributed by atoms with Crippen molar-refractivity contribution in [2.75, 3.05) is 0 Å². The first-order valence-electron chi connectivity index (χ1n) is 10.6. The maximum Gasteiger partial charge on any atom is 0.241 e. The van der Waals surface area contributed by atoms with Crippen molar-refractivity contribution in [3.63, 3.8) is 0 Å². The summed E-state index contributed by atoms with van der Waals surface area (Å²) < 4.78 is 6.04. The number of imidazole rings is 1. The zero-order valence-corrected chi connectivity index (χ0v) is 17.0. The predicted molar refractivity (Wildman–Crippen MR) is 116 cm³/mol. The highest BCUT2D eigenvalue weighted by Gasteiger charge is 2.25. The van der Waals surface area contributed by atoms with Gasteiger partial charge in [-0.05, 0) is 55.5 Å². The molecule has 2 heterocycles. The van der Waals surface area contributed by atoms with Crippen LogP contribution in [0.15, 0.2) is 60.9 Å². The maximum absolute atomic E-state index is 10.7. The second-order valence-electron chi connectivity index (χ2n) is 7.97. The Hall–Kier alpha value is -3.29. The van der Waals surface area contributed by atoms with Crippen LogP contribution in [0.1, 0.15) is 54.8 Å². The number of fused-ring (bicyclic) bond motifs is 1. The molecule has 0 bridgehead atoms. The van der Waals surface area contributed by atoms with Gasteiger partial charge in [0.05, 0.1) is 17.1 Å². The Labute approximate surface area is 179 Å². The van der Waals surface area contributed by atoms with E-state index in [9.17, 15) is 10.2 Å². The first kappa shape index (κ1) is 19.7. The molecule has 1 aliphatic rings. The van der Waals surface area contributed by atoms with Gasteiger partial charge in [-0.15, -0.1) is 0 Å². The standard InChI is InChI=1S/C24H24N4O3/c29-17-9-5-15(6-10-17)21-24(26-14-13-25-21)31-18-11-7-16(8-12-18)22(30)23-27-19-3-1-2-4-20(19)28-23/h1-4,7-8,11-15,17,22,29-30H,5-6,9-10H2,(H,27,28). The molecule has 1 aliphatic carbocycles. The minimum atomic E-state index is -0.859. The number of aromatic nitrogens is 4. The summed E-state index contributed by atoms with van der Waals surface area (Å²) >= 11 is 0. The van der Waals surface area contributed by atoms with Gasteiger partial charge < -0.3 is 19.9 Å². The van der Waals surface area contributed by atoms with E-state index < -0.39 is 6.10 Å². The van der Waals surface area contributed by atoms with Crippen molar-refractivity contribution >= 4 is 11.0 Å². The summed E-state index contributed by atoms with van der Waals surface area (Å²) in [6, 6.07) is 14.9. The monoisotopic (exact) mass is 416 g/mol. The van der Waals surface area contributed by atoms with Gasteiger partial charge in [0.1, 0.15) is 23.4 Å². The lowest BCUT2D eigenvalue weighted by Gasteiger charge is -2.25. The topological polar surface area (TPSA) is 104 Å². The van der Waals surface area contributed by atoms with Gasteiger partial charge in [-0.3, -0.25) is 4.98 Å². The summed E-state index contributed by atoms with van der Waals surface area (Å²) in [5.41, 5.74) is 3.26. The Balaban J connectivity index is 1.33. The molecule has 7 heteroatoms. The third-order valence-electron chi connectivity index (χ3n) is 5.85. The number of H-pyrrole nitrogens is 1. The lowest BCUT2D eigenvalue weighted by atomic mass is 9.85. The number of nitrogens with one attached hydrogen (secondary N) is 1. The Morgan fingerprint density at radius 1 is 0.935 bits per heavy atom. The van der Waals surface area contributed by atoms with E-state index in [0.717, 1.165) is 42.4 Å². The number of aliphatic hydroxyl groups excluding tert-OH is 2. The van der Waals surface area contributed by atoms with Gasteiger partial charge in [0.2, 0.25) is 5.88 Å². The van der Waals surface area contributed by atoms with Crippen molar-refractivity contribution in [3.05, 3.63) is 78.0 Å². The Morgan fingerprint density at radius 2 is 1.68 bits per heavy atom. The van der Waals surface area contributed by atoms with E-state index in [1.165, 1.54) is 0 Å². The van der Waals surface area contributed by atoms with Gasteiger partial charge in [-0.2, -0.15) is 0 Å². The van der Waals surface area contributed by atoms with Crippen LogP contribution >= 0.6 is 0 Å². The van der Waals surface area contributed by atoms with Crippen LogP contribution in [0.5, 0.6) is 11.6 Å². The molecule has 158 valence electrons. The highest BCUT2D eigenvalue weighted by atomic mass is 16.5. The summed E-state index contributed by atoms with van der Waals surface area (Å²) in [7, 11) is 0. The average Bonchev–Trinajstić information content (AvgIpc) is 3.25. The van der Waals surface area contributed by atoms with Gasteiger partial charge in [0, 0.05) is 18.3 Å². The molecule has 1 unspecified atom stereocenters. The van der Waals surface area contributed by atoms with Gasteiger partial charge in [-0.1, -0.05) is 24.3 Å². The molecule has 0 radical (unpaired) electrons. The second-order valence-corrected chi connectivity index (χ2v) is 7.97. The van der Waals surface area contributed by atoms with Crippen LogP contribution in [0, 0.1) is 0 Å². The molecular formula is C24H24N4O3. The number of nitrogens with zero attached hydrogens (tertiary/aromatic N) is 3. The molecule has 0 aliphatic heterocycles. The van der Waals surface area contributed by atoms with E-state index in [1.54, 1.807) is 12.4 Å². The van der Waals surface area contributed by atoms with Crippen molar-refractivity contribution in [3.8, 4) is 11.6 Å². The zero-order valence-electron chi connectivity index (χ0n) is 17.0. The van der Waals surface area contributed by atoms with Crippen molar-refractivity contribution in [1.82, 2.24) is 19.9 Å². The van der Waals surface area contributed by atoms with Crippen LogP contribution in [0.3, 0.4) is 0 Å².